The number of hydrogen-bond acceptors (Lipinski definition) is 3. The molecule has 1 saturated heterocycles. The van der Waals surface area contributed by atoms with Crippen LogP contribution in [-0.4, -0.2) is 36.9 Å². The van der Waals surface area contributed by atoms with Gasteiger partial charge in [0.2, 0.25) is 0 Å². The first kappa shape index (κ1) is 9.90. The molecule has 1 aliphatic heterocycles. The fourth-order valence-corrected chi connectivity index (χ4v) is 0.474. The Bertz CT molecular complexity index is 142. The molecule has 0 aromatic carbocycles. The van der Waals surface area contributed by atoms with Gasteiger partial charge in [0, 0.05) is 0 Å². The number of nitrogens with two attached hydrogens (primary N) is 2. The second-order valence-electron chi connectivity index (χ2n) is 2.39. The summed E-state index contributed by atoms with van der Waals surface area (Å²) in [4.78, 5) is 21.2. The third kappa shape index (κ3) is 5.35. The minimum absolute atomic E-state index is 1.10. The first-order chi connectivity index (χ1) is 5.04. The van der Waals surface area contributed by atoms with Gasteiger partial charge in [-0.25, -0.2) is 0 Å². The summed E-state index contributed by atoms with van der Waals surface area (Å²) in [5.74, 6) is -2.20. The van der Waals surface area contributed by atoms with Crippen LogP contribution in [-0.2, 0) is 9.59 Å². The lowest BCUT2D eigenvalue weighted by molar-refractivity contribution is -0.135. The molecular formula is C6H13N3O2. The molecule has 0 aromatic heterocycles. The Hall–Kier alpha value is -1.10. The number of rotatable bonds is 0. The van der Waals surface area contributed by atoms with E-state index in [-0.39, 0.29) is 0 Å². The van der Waals surface area contributed by atoms with Crippen LogP contribution in [0.3, 0.4) is 0 Å². The van der Waals surface area contributed by atoms with Crippen molar-refractivity contribution in [1.29, 1.82) is 0 Å². The molecule has 0 spiro atoms. The van der Waals surface area contributed by atoms with Crippen LogP contribution < -0.4 is 11.5 Å². The molecule has 5 nitrogen and oxygen atoms in total. The van der Waals surface area contributed by atoms with Gasteiger partial charge in [0.25, 0.3) is 0 Å². The average molecular weight is 159 g/mol. The van der Waals surface area contributed by atoms with Crippen LogP contribution >= 0.6 is 0 Å². The molecule has 1 fully saturated rings. The lowest BCUT2D eigenvalue weighted by Gasteiger charge is -2.24. The van der Waals surface area contributed by atoms with E-state index in [0.29, 0.717) is 0 Å². The number of hydrogen-bond donors (Lipinski definition) is 2. The zero-order valence-electron chi connectivity index (χ0n) is 6.54. The molecule has 0 bridgehead atoms. The fraction of sp³-hybridized carbons (Fsp3) is 0.667. The van der Waals surface area contributed by atoms with Gasteiger partial charge in [0.05, 0.1) is 0 Å². The molecule has 1 heterocycles. The summed E-state index contributed by atoms with van der Waals surface area (Å²) in [5.41, 5.74) is 8.64. The van der Waals surface area contributed by atoms with E-state index in [1.54, 1.807) is 0 Å². The number of amides is 2. The summed E-state index contributed by atoms with van der Waals surface area (Å²) in [6.07, 6.45) is 1.41. The summed E-state index contributed by atoms with van der Waals surface area (Å²) in [6, 6.07) is 0. The highest BCUT2D eigenvalue weighted by Crippen LogP contribution is 1.98. The third-order valence-corrected chi connectivity index (χ3v) is 1.32. The molecule has 5 heteroatoms. The van der Waals surface area contributed by atoms with Crippen molar-refractivity contribution >= 4 is 11.8 Å². The average Bonchev–Trinajstić information content (AvgIpc) is 1.85. The lowest BCUT2D eigenvalue weighted by Crippen LogP contribution is -2.32. The predicted molar refractivity (Wildman–Crippen MR) is 40.5 cm³/mol. The molecule has 1 aliphatic rings. The first-order valence-electron chi connectivity index (χ1n) is 3.32. The Labute approximate surface area is 65.3 Å². The number of carbonyl (C=O) groups is 2. The molecule has 0 aliphatic carbocycles. The van der Waals surface area contributed by atoms with Gasteiger partial charge in [-0.3, -0.25) is 9.59 Å². The Balaban J connectivity index is 0.000000183. The van der Waals surface area contributed by atoms with Crippen LogP contribution in [0.4, 0.5) is 0 Å². The fourth-order valence-electron chi connectivity index (χ4n) is 0.474. The molecule has 0 unspecified atom stereocenters. The van der Waals surface area contributed by atoms with Gasteiger partial charge in [-0.15, -0.1) is 0 Å². The normalized spacial score (nSPS) is 15.7. The molecule has 0 aromatic rings. The Morgan fingerprint density at radius 2 is 1.45 bits per heavy atom. The van der Waals surface area contributed by atoms with Crippen molar-refractivity contribution in [3.05, 3.63) is 0 Å². The highest BCUT2D eigenvalue weighted by atomic mass is 16.2. The highest BCUT2D eigenvalue weighted by Gasteiger charge is 2.04. The van der Waals surface area contributed by atoms with Crippen molar-refractivity contribution < 1.29 is 9.59 Å². The minimum atomic E-state index is -1.10. The number of carbonyl (C=O) groups excluding carboxylic acids is 2. The maximum absolute atomic E-state index is 9.45. The van der Waals surface area contributed by atoms with Gasteiger partial charge >= 0.3 is 11.8 Å². The van der Waals surface area contributed by atoms with E-state index in [1.165, 1.54) is 19.5 Å². The van der Waals surface area contributed by atoms with Crippen LogP contribution in [0.25, 0.3) is 0 Å². The van der Waals surface area contributed by atoms with Gasteiger partial charge in [-0.1, -0.05) is 0 Å². The van der Waals surface area contributed by atoms with Crippen molar-refractivity contribution in [2.75, 3.05) is 20.1 Å². The molecule has 11 heavy (non-hydrogen) atoms. The first-order valence-corrected chi connectivity index (χ1v) is 3.32. The van der Waals surface area contributed by atoms with E-state index < -0.39 is 11.8 Å². The Morgan fingerprint density at radius 1 is 1.18 bits per heavy atom. The van der Waals surface area contributed by atoms with E-state index in [4.69, 9.17) is 0 Å². The van der Waals surface area contributed by atoms with Gasteiger partial charge in [0.1, 0.15) is 0 Å². The van der Waals surface area contributed by atoms with Crippen LogP contribution in [0.1, 0.15) is 6.42 Å². The second-order valence-corrected chi connectivity index (χ2v) is 2.39. The molecule has 0 saturated carbocycles. The highest BCUT2D eigenvalue weighted by molar-refractivity contribution is 6.33. The van der Waals surface area contributed by atoms with Crippen molar-refractivity contribution in [3.63, 3.8) is 0 Å². The number of likely N-dealkylation sites (tertiary alicyclic amines) is 1. The topological polar surface area (TPSA) is 89.4 Å². The van der Waals surface area contributed by atoms with E-state index in [9.17, 15) is 9.59 Å². The number of primary amides is 2. The predicted octanol–water partition coefficient (Wildman–Crippen LogP) is -1.72. The summed E-state index contributed by atoms with van der Waals surface area (Å²) >= 11 is 0. The maximum atomic E-state index is 9.45. The molecule has 2 amide bonds. The molecular weight excluding hydrogens is 146 g/mol. The molecule has 1 rings (SSSR count). The third-order valence-electron chi connectivity index (χ3n) is 1.32. The second kappa shape index (κ2) is 4.68. The lowest BCUT2D eigenvalue weighted by atomic mass is 10.3. The quantitative estimate of drug-likeness (QED) is 0.412. The minimum Gasteiger partial charge on any atom is -0.361 e. The Kier molecular flexibility index (Phi) is 4.21. The molecule has 0 radical (unpaired) electrons. The van der Waals surface area contributed by atoms with E-state index in [1.807, 2.05) is 0 Å². The van der Waals surface area contributed by atoms with Crippen LogP contribution in [0.2, 0.25) is 0 Å². The molecule has 0 atom stereocenters. The van der Waals surface area contributed by atoms with Crippen LogP contribution in [0.5, 0.6) is 0 Å². The number of nitrogens with zero attached hydrogens (tertiary/aromatic N) is 1. The van der Waals surface area contributed by atoms with E-state index in [2.05, 4.69) is 23.4 Å². The standard InChI is InChI=1S/C4H9N.C2H4N2O2/c1-5-3-2-4-5;3-1(5)2(4)6/h2-4H2,1H3;(H2,3,5)(H2,4,6). The van der Waals surface area contributed by atoms with E-state index >= 15 is 0 Å². The molecule has 64 valence electrons. The zero-order chi connectivity index (χ0) is 8.85. The monoisotopic (exact) mass is 159 g/mol. The SMILES string of the molecule is CN1CCC1.NC(=O)C(N)=O. The maximum Gasteiger partial charge on any atom is 0.306 e. The summed E-state index contributed by atoms with van der Waals surface area (Å²) in [5, 5.41) is 0. The largest absolute Gasteiger partial charge is 0.361 e. The van der Waals surface area contributed by atoms with Gasteiger partial charge < -0.3 is 16.4 Å². The van der Waals surface area contributed by atoms with Gasteiger partial charge in [0.15, 0.2) is 0 Å². The molecule has 4 N–H and O–H groups in total. The van der Waals surface area contributed by atoms with E-state index in [0.717, 1.165) is 0 Å². The van der Waals surface area contributed by atoms with Crippen molar-refractivity contribution in [2.24, 2.45) is 11.5 Å². The van der Waals surface area contributed by atoms with Crippen LogP contribution in [0, 0.1) is 0 Å². The summed E-state index contributed by atoms with van der Waals surface area (Å²) in [7, 11) is 2.14. The summed E-state index contributed by atoms with van der Waals surface area (Å²) in [6.45, 7) is 2.64. The van der Waals surface area contributed by atoms with Crippen molar-refractivity contribution in [1.82, 2.24) is 4.90 Å². The van der Waals surface area contributed by atoms with Crippen LogP contribution in [0.15, 0.2) is 0 Å². The van der Waals surface area contributed by atoms with Crippen molar-refractivity contribution in [3.8, 4) is 0 Å². The van der Waals surface area contributed by atoms with Crippen molar-refractivity contribution in [2.45, 2.75) is 6.42 Å². The Morgan fingerprint density at radius 3 is 1.45 bits per heavy atom. The summed E-state index contributed by atoms with van der Waals surface area (Å²) < 4.78 is 0. The van der Waals surface area contributed by atoms with Gasteiger partial charge in [-0.2, -0.15) is 0 Å². The zero-order valence-corrected chi connectivity index (χ0v) is 6.54. The van der Waals surface area contributed by atoms with Gasteiger partial charge in [-0.05, 0) is 26.6 Å². The smallest absolute Gasteiger partial charge is 0.306 e.